The Hall–Kier alpha value is -3.68. The fraction of sp³-hybridized carbons (Fsp3) is 0.273. The minimum atomic E-state index is -0.755. The molecule has 3 heterocycles. The summed E-state index contributed by atoms with van der Waals surface area (Å²) in [5, 5.41) is 7.16. The van der Waals surface area contributed by atoms with Gasteiger partial charge >= 0.3 is 0 Å². The van der Waals surface area contributed by atoms with E-state index in [9.17, 15) is 4.79 Å². The maximum atomic E-state index is 12.7. The zero-order valence-corrected chi connectivity index (χ0v) is 16.4. The molecule has 2 aliphatic rings. The number of ether oxygens (including phenoxy) is 4. The summed E-state index contributed by atoms with van der Waals surface area (Å²) in [5.74, 6) is 2.37. The van der Waals surface area contributed by atoms with Gasteiger partial charge in [0.15, 0.2) is 29.1 Å². The van der Waals surface area contributed by atoms with Gasteiger partial charge in [-0.3, -0.25) is 9.48 Å². The van der Waals surface area contributed by atoms with Gasteiger partial charge in [-0.25, -0.2) is 0 Å². The van der Waals surface area contributed by atoms with Gasteiger partial charge in [0.05, 0.1) is 18.4 Å². The van der Waals surface area contributed by atoms with Crippen LogP contribution in [0.1, 0.15) is 6.92 Å². The highest BCUT2D eigenvalue weighted by Crippen LogP contribution is 2.34. The van der Waals surface area contributed by atoms with Gasteiger partial charge in [0.1, 0.15) is 12.7 Å². The molecule has 0 fully saturated rings. The molecule has 8 nitrogen and oxygen atoms in total. The van der Waals surface area contributed by atoms with E-state index in [0.29, 0.717) is 30.3 Å². The quantitative estimate of drug-likeness (QED) is 0.716. The molecule has 3 aromatic rings. The molecule has 2 aromatic carbocycles. The van der Waals surface area contributed by atoms with Crippen LogP contribution in [0, 0.1) is 0 Å². The van der Waals surface area contributed by atoms with Gasteiger partial charge in [-0.1, -0.05) is 24.3 Å². The summed E-state index contributed by atoms with van der Waals surface area (Å²) in [6, 6.07) is 14.9. The lowest BCUT2D eigenvalue weighted by molar-refractivity contribution is -0.128. The van der Waals surface area contributed by atoms with Gasteiger partial charge in [-0.05, 0) is 31.2 Å². The fourth-order valence-corrected chi connectivity index (χ4v) is 3.51. The van der Waals surface area contributed by atoms with Crippen molar-refractivity contribution in [2.24, 2.45) is 0 Å². The van der Waals surface area contributed by atoms with E-state index in [1.54, 1.807) is 23.1 Å². The van der Waals surface area contributed by atoms with Crippen LogP contribution >= 0.6 is 0 Å². The third kappa shape index (κ3) is 3.63. The predicted octanol–water partition coefficient (Wildman–Crippen LogP) is 2.89. The topological polar surface area (TPSA) is 83.8 Å². The molecule has 3 unspecified atom stereocenters. The highest BCUT2D eigenvalue weighted by Gasteiger charge is 2.34. The van der Waals surface area contributed by atoms with Crippen LogP contribution in [-0.2, 0) is 11.3 Å². The predicted molar refractivity (Wildman–Crippen MR) is 108 cm³/mol. The number of aromatic nitrogens is 2. The number of benzene rings is 2. The molecule has 0 bridgehead atoms. The number of nitrogens with one attached hydrogen (secondary N) is 1. The van der Waals surface area contributed by atoms with Crippen molar-refractivity contribution in [2.75, 3.05) is 11.9 Å². The van der Waals surface area contributed by atoms with E-state index in [1.807, 2.05) is 49.4 Å². The van der Waals surface area contributed by atoms with Crippen LogP contribution in [0.2, 0.25) is 0 Å². The SMILES string of the molecule is CC1Oc2ccccc2OC1C(=O)Nc1cnn(CC2COc3ccccc3O2)c1. The Balaban J connectivity index is 1.21. The van der Waals surface area contributed by atoms with E-state index < -0.39 is 12.2 Å². The lowest BCUT2D eigenvalue weighted by Crippen LogP contribution is -2.46. The van der Waals surface area contributed by atoms with Crippen molar-refractivity contribution in [3.8, 4) is 23.0 Å². The summed E-state index contributed by atoms with van der Waals surface area (Å²) in [5.41, 5.74) is 0.576. The first-order valence-corrected chi connectivity index (χ1v) is 9.80. The van der Waals surface area contributed by atoms with Crippen LogP contribution in [0.25, 0.3) is 0 Å². The number of anilines is 1. The molecule has 0 spiro atoms. The van der Waals surface area contributed by atoms with Gasteiger partial charge in [0, 0.05) is 6.20 Å². The Kier molecular flexibility index (Phi) is 4.66. The van der Waals surface area contributed by atoms with Gasteiger partial charge in [-0.2, -0.15) is 5.10 Å². The van der Waals surface area contributed by atoms with E-state index in [2.05, 4.69) is 10.4 Å². The van der Waals surface area contributed by atoms with Crippen molar-refractivity contribution in [1.82, 2.24) is 9.78 Å². The maximum absolute atomic E-state index is 12.7. The van der Waals surface area contributed by atoms with E-state index >= 15 is 0 Å². The molecule has 30 heavy (non-hydrogen) atoms. The number of carbonyl (C=O) groups excluding carboxylic acids is 1. The number of hydrogen-bond acceptors (Lipinski definition) is 6. The molecule has 154 valence electrons. The van der Waals surface area contributed by atoms with Crippen molar-refractivity contribution in [2.45, 2.75) is 31.8 Å². The van der Waals surface area contributed by atoms with Crippen LogP contribution in [0.15, 0.2) is 60.9 Å². The summed E-state index contributed by atoms with van der Waals surface area (Å²) < 4.78 is 25.0. The summed E-state index contributed by atoms with van der Waals surface area (Å²) in [4.78, 5) is 12.7. The van der Waals surface area contributed by atoms with Crippen LogP contribution < -0.4 is 24.3 Å². The number of amides is 1. The maximum Gasteiger partial charge on any atom is 0.269 e. The third-order valence-electron chi connectivity index (χ3n) is 4.96. The minimum absolute atomic E-state index is 0.171. The minimum Gasteiger partial charge on any atom is -0.486 e. The standard InChI is InChI=1S/C22H21N3O5/c1-14-21(30-20-9-5-4-8-19(20)28-14)22(26)24-15-10-23-25(11-15)12-16-13-27-17-6-2-3-7-18(17)29-16/h2-11,14,16,21H,12-13H2,1H3,(H,24,26). The van der Waals surface area contributed by atoms with Crippen molar-refractivity contribution in [3.63, 3.8) is 0 Å². The Morgan fingerprint density at radius 3 is 2.47 bits per heavy atom. The summed E-state index contributed by atoms with van der Waals surface area (Å²) >= 11 is 0. The van der Waals surface area contributed by atoms with Gasteiger partial charge in [-0.15, -0.1) is 0 Å². The smallest absolute Gasteiger partial charge is 0.269 e. The Bertz CT molecular complexity index is 1070. The second-order valence-electron chi connectivity index (χ2n) is 7.25. The van der Waals surface area contributed by atoms with Crippen molar-refractivity contribution in [3.05, 3.63) is 60.9 Å². The molecule has 8 heteroatoms. The number of rotatable bonds is 4. The first-order valence-electron chi connectivity index (χ1n) is 9.80. The summed E-state index contributed by atoms with van der Waals surface area (Å²) in [6.45, 7) is 2.74. The second-order valence-corrected chi connectivity index (χ2v) is 7.25. The molecule has 0 saturated carbocycles. The van der Waals surface area contributed by atoms with E-state index in [-0.39, 0.29) is 12.0 Å². The average molecular weight is 407 g/mol. The molecular formula is C22H21N3O5. The van der Waals surface area contributed by atoms with Crippen molar-refractivity contribution in [1.29, 1.82) is 0 Å². The largest absolute Gasteiger partial charge is 0.486 e. The highest BCUT2D eigenvalue weighted by atomic mass is 16.6. The second kappa shape index (κ2) is 7.62. The number of nitrogens with zero attached hydrogens (tertiary/aromatic N) is 2. The number of carbonyl (C=O) groups is 1. The van der Waals surface area contributed by atoms with Crippen LogP contribution in [-0.4, -0.2) is 40.6 Å². The molecule has 1 aromatic heterocycles. The van der Waals surface area contributed by atoms with Crippen molar-refractivity contribution >= 4 is 11.6 Å². The first kappa shape index (κ1) is 18.4. The Morgan fingerprint density at radius 2 is 1.70 bits per heavy atom. The molecule has 3 atom stereocenters. The van der Waals surface area contributed by atoms with E-state index in [0.717, 1.165) is 11.5 Å². The fourth-order valence-electron chi connectivity index (χ4n) is 3.51. The third-order valence-corrected chi connectivity index (χ3v) is 4.96. The highest BCUT2D eigenvalue weighted by molar-refractivity contribution is 5.94. The number of hydrogen-bond donors (Lipinski definition) is 1. The van der Waals surface area contributed by atoms with Gasteiger partial charge < -0.3 is 24.3 Å². The van der Waals surface area contributed by atoms with Gasteiger partial charge in [0.2, 0.25) is 6.10 Å². The molecule has 1 N–H and O–H groups in total. The molecule has 0 saturated heterocycles. The van der Waals surface area contributed by atoms with Crippen LogP contribution in [0.5, 0.6) is 23.0 Å². The monoisotopic (exact) mass is 407 g/mol. The number of fused-ring (bicyclic) bond motifs is 2. The zero-order valence-electron chi connectivity index (χ0n) is 16.4. The van der Waals surface area contributed by atoms with Crippen LogP contribution in [0.4, 0.5) is 5.69 Å². The normalized spacial score (nSPS) is 21.7. The Labute approximate surface area is 173 Å². The molecule has 0 radical (unpaired) electrons. The molecule has 1 amide bonds. The average Bonchev–Trinajstić information content (AvgIpc) is 3.19. The molecular weight excluding hydrogens is 386 g/mol. The lowest BCUT2D eigenvalue weighted by atomic mass is 10.1. The van der Waals surface area contributed by atoms with Crippen molar-refractivity contribution < 1.29 is 23.7 Å². The van der Waals surface area contributed by atoms with E-state index in [1.165, 1.54) is 0 Å². The Morgan fingerprint density at radius 1 is 1.03 bits per heavy atom. The van der Waals surface area contributed by atoms with Crippen LogP contribution in [0.3, 0.4) is 0 Å². The molecule has 5 rings (SSSR count). The summed E-state index contributed by atoms with van der Waals surface area (Å²) in [7, 11) is 0. The van der Waals surface area contributed by atoms with Gasteiger partial charge in [0.25, 0.3) is 5.91 Å². The zero-order chi connectivity index (χ0) is 20.5. The first-order chi connectivity index (χ1) is 14.7. The summed E-state index contributed by atoms with van der Waals surface area (Å²) in [6.07, 6.45) is 2.01. The van der Waals surface area contributed by atoms with E-state index in [4.69, 9.17) is 18.9 Å². The molecule has 2 aliphatic heterocycles. The lowest BCUT2D eigenvalue weighted by Gasteiger charge is -2.30. The number of para-hydroxylation sites is 4. The molecule has 0 aliphatic carbocycles.